The molecule has 2 heterocycles. The lowest BCUT2D eigenvalue weighted by atomic mass is 10.1. The number of para-hydroxylation sites is 2. The van der Waals surface area contributed by atoms with Crippen LogP contribution in [-0.4, -0.2) is 27.7 Å². The third kappa shape index (κ3) is 3.26. The van der Waals surface area contributed by atoms with Crippen LogP contribution in [0.4, 0.5) is 0 Å². The van der Waals surface area contributed by atoms with Crippen LogP contribution in [0.1, 0.15) is 12.5 Å². The molecule has 132 valence electrons. The second-order valence-electron chi connectivity index (χ2n) is 6.16. The van der Waals surface area contributed by atoms with E-state index in [-0.39, 0.29) is 12.0 Å². The van der Waals surface area contributed by atoms with Gasteiger partial charge >= 0.3 is 0 Å². The molecule has 1 aliphatic rings. The van der Waals surface area contributed by atoms with E-state index in [9.17, 15) is 4.79 Å². The van der Waals surface area contributed by atoms with Gasteiger partial charge in [0, 0.05) is 24.6 Å². The zero-order valence-corrected chi connectivity index (χ0v) is 14.3. The van der Waals surface area contributed by atoms with Gasteiger partial charge in [-0.25, -0.2) is 4.98 Å². The fraction of sp³-hybridized carbons (Fsp3) is 0.200. The molecule has 0 aliphatic carbocycles. The van der Waals surface area contributed by atoms with E-state index in [1.807, 2.05) is 60.2 Å². The minimum atomic E-state index is -0.671. The molecule has 1 aromatic heterocycles. The van der Waals surface area contributed by atoms with Crippen LogP contribution in [0.15, 0.2) is 67.3 Å². The van der Waals surface area contributed by atoms with Gasteiger partial charge in [0.1, 0.15) is 6.10 Å². The number of rotatable bonds is 4. The molecule has 1 N–H and O–H groups in total. The first-order valence-electron chi connectivity index (χ1n) is 8.48. The Morgan fingerprint density at radius 1 is 1.12 bits per heavy atom. The first-order chi connectivity index (χ1) is 12.7. The molecule has 0 unspecified atom stereocenters. The van der Waals surface area contributed by atoms with Crippen LogP contribution in [0.25, 0.3) is 5.69 Å². The average Bonchev–Trinajstić information content (AvgIpc) is 3.21. The SMILES string of the molecule is C[C@H]1Oc2ccccc2O[C@H]1C(=O)NCc1ccc(-n2ccnc2)cc1. The van der Waals surface area contributed by atoms with Gasteiger partial charge < -0.3 is 19.4 Å². The molecular weight excluding hydrogens is 330 g/mol. The monoisotopic (exact) mass is 349 g/mol. The van der Waals surface area contributed by atoms with Crippen molar-refractivity contribution >= 4 is 5.91 Å². The van der Waals surface area contributed by atoms with Crippen LogP contribution in [-0.2, 0) is 11.3 Å². The molecule has 6 nitrogen and oxygen atoms in total. The summed E-state index contributed by atoms with van der Waals surface area (Å²) in [5.41, 5.74) is 2.03. The highest BCUT2D eigenvalue weighted by atomic mass is 16.6. The second-order valence-corrected chi connectivity index (χ2v) is 6.16. The first-order valence-corrected chi connectivity index (χ1v) is 8.48. The summed E-state index contributed by atoms with van der Waals surface area (Å²) in [6, 6.07) is 15.3. The zero-order chi connectivity index (χ0) is 17.9. The number of aromatic nitrogens is 2. The summed E-state index contributed by atoms with van der Waals surface area (Å²) in [4.78, 5) is 16.6. The predicted octanol–water partition coefficient (Wildman–Crippen LogP) is 2.72. The molecule has 3 aromatic rings. The van der Waals surface area contributed by atoms with E-state index in [1.54, 1.807) is 18.6 Å². The molecule has 0 spiro atoms. The number of benzene rings is 2. The Labute approximate surface area is 151 Å². The number of amides is 1. The highest BCUT2D eigenvalue weighted by Gasteiger charge is 2.33. The van der Waals surface area contributed by atoms with E-state index in [1.165, 1.54) is 0 Å². The van der Waals surface area contributed by atoms with Crippen molar-refractivity contribution in [3.05, 3.63) is 72.8 Å². The molecule has 26 heavy (non-hydrogen) atoms. The largest absolute Gasteiger partial charge is 0.482 e. The van der Waals surface area contributed by atoms with Crippen LogP contribution >= 0.6 is 0 Å². The van der Waals surface area contributed by atoms with Gasteiger partial charge in [0.2, 0.25) is 6.10 Å². The van der Waals surface area contributed by atoms with Crippen molar-refractivity contribution in [3.63, 3.8) is 0 Å². The first kappa shape index (κ1) is 16.2. The van der Waals surface area contributed by atoms with Crippen molar-refractivity contribution in [3.8, 4) is 17.2 Å². The molecule has 0 bridgehead atoms. The van der Waals surface area contributed by atoms with Crippen molar-refractivity contribution < 1.29 is 14.3 Å². The van der Waals surface area contributed by atoms with Crippen LogP contribution in [0.3, 0.4) is 0 Å². The third-order valence-electron chi connectivity index (χ3n) is 4.31. The van der Waals surface area contributed by atoms with Crippen molar-refractivity contribution in [2.75, 3.05) is 0 Å². The Morgan fingerprint density at radius 3 is 2.54 bits per heavy atom. The highest BCUT2D eigenvalue weighted by molar-refractivity contribution is 5.82. The number of hydrogen-bond donors (Lipinski definition) is 1. The fourth-order valence-corrected chi connectivity index (χ4v) is 2.89. The maximum atomic E-state index is 12.5. The molecular formula is C20H19N3O3. The number of hydrogen-bond acceptors (Lipinski definition) is 4. The van der Waals surface area contributed by atoms with Gasteiger partial charge in [-0.15, -0.1) is 0 Å². The standard InChI is InChI=1S/C20H19N3O3/c1-14-19(26-18-5-3-2-4-17(18)25-14)20(24)22-12-15-6-8-16(9-7-15)23-11-10-21-13-23/h2-11,13-14,19H,12H2,1H3,(H,22,24)/t14-,19-/m1/s1. The maximum absolute atomic E-state index is 12.5. The Hall–Kier alpha value is -3.28. The molecule has 0 fully saturated rings. The summed E-state index contributed by atoms with van der Waals surface area (Å²) in [5, 5.41) is 2.92. The van der Waals surface area contributed by atoms with Gasteiger partial charge in [-0.2, -0.15) is 0 Å². The number of nitrogens with zero attached hydrogens (tertiary/aromatic N) is 2. The zero-order valence-electron chi connectivity index (χ0n) is 14.3. The maximum Gasteiger partial charge on any atom is 0.265 e. The summed E-state index contributed by atoms with van der Waals surface area (Å²) in [6.45, 7) is 2.26. The molecule has 6 heteroatoms. The van der Waals surface area contributed by atoms with Crippen molar-refractivity contribution in [2.45, 2.75) is 25.7 Å². The Balaban J connectivity index is 1.38. The third-order valence-corrected chi connectivity index (χ3v) is 4.31. The number of fused-ring (bicyclic) bond motifs is 1. The van der Waals surface area contributed by atoms with E-state index in [2.05, 4.69) is 10.3 Å². The topological polar surface area (TPSA) is 65.4 Å². The number of imidazole rings is 1. The normalized spacial score (nSPS) is 18.3. The minimum absolute atomic E-state index is 0.189. The predicted molar refractivity (Wildman–Crippen MR) is 96.4 cm³/mol. The van der Waals surface area contributed by atoms with Crippen molar-refractivity contribution in [2.24, 2.45) is 0 Å². The van der Waals surface area contributed by atoms with Gasteiger partial charge in [-0.1, -0.05) is 24.3 Å². The summed E-state index contributed by atoms with van der Waals surface area (Å²) < 4.78 is 13.5. The summed E-state index contributed by atoms with van der Waals surface area (Å²) in [7, 11) is 0. The summed E-state index contributed by atoms with van der Waals surface area (Å²) >= 11 is 0. The molecule has 0 saturated heterocycles. The highest BCUT2D eigenvalue weighted by Crippen LogP contribution is 2.33. The van der Waals surface area contributed by atoms with Gasteiger partial charge in [0.25, 0.3) is 5.91 Å². The lowest BCUT2D eigenvalue weighted by molar-refractivity contribution is -0.133. The van der Waals surface area contributed by atoms with Gasteiger partial charge in [0.05, 0.1) is 6.33 Å². The molecule has 1 aliphatic heterocycles. The van der Waals surface area contributed by atoms with E-state index in [0.717, 1.165) is 11.3 Å². The Morgan fingerprint density at radius 2 is 1.85 bits per heavy atom. The van der Waals surface area contributed by atoms with E-state index < -0.39 is 6.10 Å². The molecule has 2 atom stereocenters. The molecule has 4 rings (SSSR count). The van der Waals surface area contributed by atoms with Crippen LogP contribution in [0, 0.1) is 0 Å². The van der Waals surface area contributed by atoms with Crippen molar-refractivity contribution in [1.82, 2.24) is 14.9 Å². The number of ether oxygens (including phenoxy) is 2. The van der Waals surface area contributed by atoms with Gasteiger partial charge in [0.15, 0.2) is 11.5 Å². The van der Waals surface area contributed by atoms with E-state index in [4.69, 9.17) is 9.47 Å². The molecule has 0 saturated carbocycles. The lowest BCUT2D eigenvalue weighted by Gasteiger charge is -2.31. The van der Waals surface area contributed by atoms with Crippen LogP contribution < -0.4 is 14.8 Å². The van der Waals surface area contributed by atoms with Gasteiger partial charge in [-0.05, 0) is 36.8 Å². The smallest absolute Gasteiger partial charge is 0.265 e. The minimum Gasteiger partial charge on any atom is -0.482 e. The lowest BCUT2D eigenvalue weighted by Crippen LogP contribution is -2.48. The Bertz CT molecular complexity index is 891. The summed E-state index contributed by atoms with van der Waals surface area (Å²) in [5.74, 6) is 1.07. The van der Waals surface area contributed by atoms with Gasteiger partial charge in [-0.3, -0.25) is 4.79 Å². The van der Waals surface area contributed by atoms with E-state index >= 15 is 0 Å². The second kappa shape index (κ2) is 6.92. The number of carbonyl (C=O) groups is 1. The fourth-order valence-electron chi connectivity index (χ4n) is 2.89. The number of carbonyl (C=O) groups excluding carboxylic acids is 1. The summed E-state index contributed by atoms with van der Waals surface area (Å²) in [6.07, 6.45) is 4.34. The molecule has 2 aromatic carbocycles. The Kier molecular flexibility index (Phi) is 4.31. The molecule has 1 amide bonds. The van der Waals surface area contributed by atoms with Crippen LogP contribution in [0.5, 0.6) is 11.5 Å². The molecule has 0 radical (unpaired) electrons. The van der Waals surface area contributed by atoms with Crippen molar-refractivity contribution in [1.29, 1.82) is 0 Å². The van der Waals surface area contributed by atoms with Crippen LogP contribution in [0.2, 0.25) is 0 Å². The number of nitrogens with one attached hydrogen (secondary N) is 1. The van der Waals surface area contributed by atoms with E-state index in [0.29, 0.717) is 18.0 Å². The average molecular weight is 349 g/mol. The quantitative estimate of drug-likeness (QED) is 0.787.